The average molecular weight is 519 g/mol. The summed E-state index contributed by atoms with van der Waals surface area (Å²) in [6.45, 7) is 4.41. The van der Waals surface area contributed by atoms with Crippen molar-refractivity contribution in [2.24, 2.45) is 4.99 Å². The largest absolute Gasteiger partial charge is 0.497 e. The van der Waals surface area contributed by atoms with Gasteiger partial charge in [0.2, 0.25) is 11.8 Å². The molecule has 2 fully saturated rings. The number of hydrogen-bond donors (Lipinski definition) is 1. The number of amidine groups is 1. The lowest BCUT2D eigenvalue weighted by Crippen LogP contribution is -2.39. The summed E-state index contributed by atoms with van der Waals surface area (Å²) in [6, 6.07) is 10.1. The Morgan fingerprint density at radius 2 is 1.92 bits per heavy atom. The van der Waals surface area contributed by atoms with Crippen LogP contribution in [0.25, 0.3) is 0 Å². The zero-order valence-electron chi connectivity index (χ0n) is 19.9. The van der Waals surface area contributed by atoms with Crippen LogP contribution in [0, 0.1) is 11.6 Å². The number of carbonyl (C=O) groups excluding carboxylic acids is 2. The Hall–Kier alpha value is -3.02. The van der Waals surface area contributed by atoms with Crippen molar-refractivity contribution in [3.05, 3.63) is 54.1 Å². The highest BCUT2D eigenvalue weighted by molar-refractivity contribution is 8.15. The normalized spacial score (nSPS) is 19.6. The van der Waals surface area contributed by atoms with Crippen LogP contribution < -0.4 is 10.1 Å². The van der Waals surface area contributed by atoms with Crippen LogP contribution in [0.3, 0.4) is 0 Å². The van der Waals surface area contributed by atoms with Crippen molar-refractivity contribution in [1.29, 1.82) is 0 Å². The summed E-state index contributed by atoms with van der Waals surface area (Å²) in [7, 11) is 1.58. The zero-order valence-corrected chi connectivity index (χ0v) is 20.7. The van der Waals surface area contributed by atoms with E-state index in [1.165, 1.54) is 11.8 Å². The van der Waals surface area contributed by atoms with Gasteiger partial charge >= 0.3 is 0 Å². The first-order valence-electron chi connectivity index (χ1n) is 11.7. The molecule has 2 heterocycles. The van der Waals surface area contributed by atoms with E-state index in [0.717, 1.165) is 38.2 Å². The van der Waals surface area contributed by atoms with Gasteiger partial charge in [0.15, 0.2) is 5.17 Å². The maximum atomic E-state index is 13.9. The molecule has 2 saturated heterocycles. The lowest BCUT2D eigenvalue weighted by Gasteiger charge is -2.27. The van der Waals surface area contributed by atoms with E-state index in [-0.39, 0.29) is 18.0 Å². The molecule has 2 aliphatic rings. The van der Waals surface area contributed by atoms with Crippen molar-refractivity contribution < 1.29 is 27.8 Å². The zero-order chi connectivity index (χ0) is 25.5. The van der Waals surface area contributed by atoms with Crippen LogP contribution in [0.4, 0.5) is 20.2 Å². The lowest BCUT2D eigenvalue weighted by molar-refractivity contribution is -0.128. The van der Waals surface area contributed by atoms with Gasteiger partial charge in [0.1, 0.15) is 22.6 Å². The van der Waals surface area contributed by atoms with Gasteiger partial charge < -0.3 is 14.8 Å². The summed E-state index contributed by atoms with van der Waals surface area (Å²) in [5, 5.41) is 2.24. The molecule has 1 atom stereocenters. The molecule has 2 aromatic rings. The molecule has 2 aromatic carbocycles. The van der Waals surface area contributed by atoms with Crippen LogP contribution in [-0.4, -0.2) is 78.5 Å². The lowest BCUT2D eigenvalue weighted by atomic mass is 10.2. The molecule has 0 radical (unpaired) electrons. The highest BCUT2D eigenvalue weighted by Crippen LogP contribution is 2.32. The second-order valence-corrected chi connectivity index (χ2v) is 9.54. The third-order valence-corrected chi connectivity index (χ3v) is 7.03. The number of methoxy groups -OCH3 is 1. The number of ether oxygens (including phenoxy) is 2. The van der Waals surface area contributed by atoms with Crippen LogP contribution >= 0.6 is 11.8 Å². The van der Waals surface area contributed by atoms with Gasteiger partial charge in [0.05, 0.1) is 31.7 Å². The molecule has 2 amide bonds. The van der Waals surface area contributed by atoms with Crippen molar-refractivity contribution in [3.63, 3.8) is 0 Å². The molecule has 1 N–H and O–H groups in total. The van der Waals surface area contributed by atoms with Crippen molar-refractivity contribution >= 4 is 40.1 Å². The van der Waals surface area contributed by atoms with Gasteiger partial charge in [-0.05, 0) is 42.8 Å². The number of aliphatic imine (C=N–C) groups is 1. The minimum Gasteiger partial charge on any atom is -0.497 e. The Kier molecular flexibility index (Phi) is 8.89. The number of amides is 2. The second-order valence-electron chi connectivity index (χ2n) is 8.37. The molecule has 8 nitrogen and oxygen atoms in total. The minimum absolute atomic E-state index is 0.133. The van der Waals surface area contributed by atoms with E-state index in [4.69, 9.17) is 9.47 Å². The fourth-order valence-corrected chi connectivity index (χ4v) is 5.12. The Morgan fingerprint density at radius 1 is 1.17 bits per heavy atom. The van der Waals surface area contributed by atoms with E-state index in [1.54, 1.807) is 36.3 Å². The van der Waals surface area contributed by atoms with E-state index in [2.05, 4.69) is 15.2 Å². The van der Waals surface area contributed by atoms with E-state index in [9.17, 15) is 18.4 Å². The third kappa shape index (κ3) is 6.80. The maximum absolute atomic E-state index is 13.9. The molecule has 0 aliphatic carbocycles. The molecule has 0 bridgehead atoms. The standard InChI is InChI=1S/C25H28F2N4O4S/c1-34-19-6-4-18(5-7-19)28-25-31(10-2-9-30-11-13-35-14-12-30)24(33)22(36-25)16-23(32)29-21-8-3-17(26)15-20(21)27/h3-8,15,22H,2,9-14,16H2,1H3,(H,29,32)/t22-/m0/s1. The Labute approximate surface area is 212 Å². The Morgan fingerprint density at radius 3 is 2.61 bits per heavy atom. The van der Waals surface area contributed by atoms with Gasteiger partial charge in [-0.1, -0.05) is 11.8 Å². The number of rotatable bonds is 9. The summed E-state index contributed by atoms with van der Waals surface area (Å²) >= 11 is 1.21. The summed E-state index contributed by atoms with van der Waals surface area (Å²) in [6.07, 6.45) is 0.579. The van der Waals surface area contributed by atoms with Crippen molar-refractivity contribution in [1.82, 2.24) is 9.80 Å². The van der Waals surface area contributed by atoms with Crippen LogP contribution in [0.2, 0.25) is 0 Å². The molecule has 192 valence electrons. The van der Waals surface area contributed by atoms with E-state index >= 15 is 0 Å². The van der Waals surface area contributed by atoms with Gasteiger partial charge in [0, 0.05) is 38.7 Å². The second kappa shape index (κ2) is 12.3. The summed E-state index contributed by atoms with van der Waals surface area (Å²) in [4.78, 5) is 34.4. The van der Waals surface area contributed by atoms with E-state index in [1.807, 2.05) is 0 Å². The predicted molar refractivity (Wildman–Crippen MR) is 135 cm³/mol. The van der Waals surface area contributed by atoms with Gasteiger partial charge in [-0.15, -0.1) is 0 Å². The van der Waals surface area contributed by atoms with Gasteiger partial charge in [-0.25, -0.2) is 13.8 Å². The molecule has 0 unspecified atom stereocenters. The molecular weight excluding hydrogens is 490 g/mol. The fraction of sp³-hybridized carbons (Fsp3) is 0.400. The topological polar surface area (TPSA) is 83.5 Å². The number of anilines is 1. The molecule has 0 aromatic heterocycles. The average Bonchev–Trinajstić information content (AvgIpc) is 3.15. The number of morpholine rings is 1. The molecule has 2 aliphatic heterocycles. The monoisotopic (exact) mass is 518 g/mol. The van der Waals surface area contributed by atoms with Crippen molar-refractivity contribution in [3.8, 4) is 5.75 Å². The third-order valence-electron chi connectivity index (χ3n) is 5.85. The first kappa shape index (κ1) is 26.1. The first-order chi connectivity index (χ1) is 17.4. The van der Waals surface area contributed by atoms with E-state index < -0.39 is 22.8 Å². The highest BCUT2D eigenvalue weighted by atomic mass is 32.2. The van der Waals surface area contributed by atoms with Crippen LogP contribution in [0.15, 0.2) is 47.5 Å². The number of thioether (sulfide) groups is 1. The first-order valence-corrected chi connectivity index (χ1v) is 12.6. The number of halogens is 2. The summed E-state index contributed by atoms with van der Waals surface area (Å²) in [5.74, 6) is -1.67. The number of hydrogen-bond acceptors (Lipinski definition) is 7. The Bertz CT molecular complexity index is 1110. The molecule has 0 saturated carbocycles. The smallest absolute Gasteiger partial charge is 0.242 e. The number of benzene rings is 2. The molecule has 0 spiro atoms. The minimum atomic E-state index is -0.875. The summed E-state index contributed by atoms with van der Waals surface area (Å²) < 4.78 is 37.7. The van der Waals surface area contributed by atoms with Crippen molar-refractivity contribution in [2.45, 2.75) is 18.1 Å². The summed E-state index contributed by atoms with van der Waals surface area (Å²) in [5.41, 5.74) is 0.522. The predicted octanol–water partition coefficient (Wildman–Crippen LogP) is 3.66. The molecule has 4 rings (SSSR count). The SMILES string of the molecule is COc1ccc(N=C2S[C@@H](CC(=O)Nc3ccc(F)cc3F)C(=O)N2CCCN2CCOCC2)cc1. The maximum Gasteiger partial charge on any atom is 0.242 e. The van der Waals surface area contributed by atoms with Crippen molar-refractivity contribution in [2.75, 3.05) is 51.8 Å². The fourth-order valence-electron chi connectivity index (χ4n) is 3.94. The molecule has 11 heteroatoms. The number of nitrogens with one attached hydrogen (secondary N) is 1. The number of nitrogens with zero attached hydrogens (tertiary/aromatic N) is 3. The van der Waals surface area contributed by atoms with Crippen LogP contribution in [0.1, 0.15) is 12.8 Å². The molecular formula is C25H28F2N4O4S. The van der Waals surface area contributed by atoms with Crippen LogP contribution in [0.5, 0.6) is 5.75 Å². The van der Waals surface area contributed by atoms with Gasteiger partial charge in [0.25, 0.3) is 0 Å². The Balaban J connectivity index is 1.44. The highest BCUT2D eigenvalue weighted by Gasteiger charge is 2.39. The van der Waals surface area contributed by atoms with Crippen LogP contribution in [-0.2, 0) is 14.3 Å². The molecule has 36 heavy (non-hydrogen) atoms. The number of carbonyl (C=O) groups is 2. The van der Waals surface area contributed by atoms with E-state index in [0.29, 0.717) is 42.4 Å². The van der Waals surface area contributed by atoms with Gasteiger partial charge in [-0.3, -0.25) is 19.4 Å². The quantitative estimate of drug-likeness (QED) is 0.546. The van der Waals surface area contributed by atoms with Gasteiger partial charge in [-0.2, -0.15) is 0 Å².